The Morgan fingerprint density at radius 2 is 1.79 bits per heavy atom. The third kappa shape index (κ3) is 2.41. The van der Waals surface area contributed by atoms with Gasteiger partial charge in [-0.25, -0.2) is 0 Å². The van der Waals surface area contributed by atoms with Crippen LogP contribution in [0.2, 0.25) is 0 Å². The fraction of sp³-hybridized carbons (Fsp3) is 0.214. The Bertz CT molecular complexity index is 543. The summed E-state index contributed by atoms with van der Waals surface area (Å²) in [6.45, 7) is 0. The van der Waals surface area contributed by atoms with Crippen molar-refractivity contribution >= 4 is 5.91 Å². The fourth-order valence-electron chi connectivity index (χ4n) is 2.12. The van der Waals surface area contributed by atoms with Gasteiger partial charge in [-0.15, -0.1) is 0 Å². The van der Waals surface area contributed by atoms with E-state index < -0.39 is 23.1 Å². The van der Waals surface area contributed by atoms with Crippen molar-refractivity contribution < 1.29 is 18.0 Å². The number of halogens is 3. The third-order valence-electron chi connectivity index (χ3n) is 3.23. The molecule has 1 aliphatic rings. The minimum Gasteiger partial charge on any atom is -0.369 e. The number of amides is 1. The van der Waals surface area contributed by atoms with E-state index in [2.05, 4.69) is 0 Å². The number of nitrogens with two attached hydrogens (primary N) is 1. The van der Waals surface area contributed by atoms with Gasteiger partial charge in [-0.1, -0.05) is 36.4 Å². The SMILES string of the molecule is NC(=O)C1(c2ccc(C(F)(F)F)cc2)C=CC=CC1. The van der Waals surface area contributed by atoms with Crippen LogP contribution in [0.4, 0.5) is 13.2 Å². The van der Waals surface area contributed by atoms with E-state index >= 15 is 0 Å². The van der Waals surface area contributed by atoms with Gasteiger partial charge in [0.1, 0.15) is 0 Å². The summed E-state index contributed by atoms with van der Waals surface area (Å²) in [6, 6.07) is 4.53. The number of hydrogen-bond acceptors (Lipinski definition) is 1. The average molecular weight is 267 g/mol. The van der Waals surface area contributed by atoms with Crippen LogP contribution >= 0.6 is 0 Å². The van der Waals surface area contributed by atoms with Gasteiger partial charge in [0.15, 0.2) is 0 Å². The lowest BCUT2D eigenvalue weighted by atomic mass is 9.74. The number of carbonyl (C=O) groups is 1. The molecule has 0 saturated heterocycles. The predicted molar refractivity (Wildman–Crippen MR) is 65.2 cm³/mol. The zero-order valence-corrected chi connectivity index (χ0v) is 9.95. The van der Waals surface area contributed by atoms with Crippen LogP contribution in [-0.2, 0) is 16.4 Å². The molecule has 19 heavy (non-hydrogen) atoms. The van der Waals surface area contributed by atoms with Crippen LogP contribution in [0.1, 0.15) is 17.5 Å². The van der Waals surface area contributed by atoms with Gasteiger partial charge in [0.05, 0.1) is 11.0 Å². The molecule has 0 saturated carbocycles. The van der Waals surface area contributed by atoms with E-state index in [1.165, 1.54) is 12.1 Å². The molecular formula is C14H12F3NO. The van der Waals surface area contributed by atoms with Crippen LogP contribution < -0.4 is 5.73 Å². The van der Waals surface area contributed by atoms with Crippen LogP contribution in [0.25, 0.3) is 0 Å². The Labute approximate surface area is 108 Å². The lowest BCUT2D eigenvalue weighted by Crippen LogP contribution is -2.39. The van der Waals surface area contributed by atoms with Crippen molar-refractivity contribution in [2.75, 3.05) is 0 Å². The molecule has 0 aliphatic heterocycles. The number of carbonyl (C=O) groups excluding carboxylic acids is 1. The van der Waals surface area contributed by atoms with Crippen molar-refractivity contribution in [2.45, 2.75) is 18.0 Å². The largest absolute Gasteiger partial charge is 0.416 e. The Balaban J connectivity index is 2.43. The second-order valence-electron chi connectivity index (χ2n) is 4.40. The summed E-state index contributed by atoms with van der Waals surface area (Å²) in [6.07, 6.45) is 2.79. The van der Waals surface area contributed by atoms with Crippen molar-refractivity contribution in [1.29, 1.82) is 0 Å². The number of primary amides is 1. The molecule has 1 aromatic rings. The zero-order chi connectivity index (χ0) is 14.1. The summed E-state index contributed by atoms with van der Waals surface area (Å²) in [5, 5.41) is 0. The zero-order valence-electron chi connectivity index (χ0n) is 9.95. The normalized spacial score (nSPS) is 22.5. The van der Waals surface area contributed by atoms with Crippen molar-refractivity contribution in [3.8, 4) is 0 Å². The summed E-state index contributed by atoms with van der Waals surface area (Å²) < 4.78 is 37.5. The molecule has 1 unspecified atom stereocenters. The van der Waals surface area contributed by atoms with E-state index in [4.69, 9.17) is 5.73 Å². The molecule has 2 nitrogen and oxygen atoms in total. The van der Waals surface area contributed by atoms with Gasteiger partial charge in [-0.3, -0.25) is 4.79 Å². The van der Waals surface area contributed by atoms with E-state index in [9.17, 15) is 18.0 Å². The first-order valence-corrected chi connectivity index (χ1v) is 5.68. The highest BCUT2D eigenvalue weighted by Gasteiger charge is 2.37. The molecule has 0 heterocycles. The summed E-state index contributed by atoms with van der Waals surface area (Å²) in [5.41, 5.74) is 4.08. The van der Waals surface area contributed by atoms with Crippen molar-refractivity contribution in [3.05, 3.63) is 59.7 Å². The van der Waals surface area contributed by atoms with Gasteiger partial charge in [0.25, 0.3) is 0 Å². The van der Waals surface area contributed by atoms with Crippen LogP contribution in [-0.4, -0.2) is 5.91 Å². The molecule has 1 atom stereocenters. The first-order chi connectivity index (χ1) is 8.86. The Morgan fingerprint density at radius 1 is 1.16 bits per heavy atom. The molecule has 100 valence electrons. The number of allylic oxidation sites excluding steroid dienone is 3. The number of hydrogen-bond donors (Lipinski definition) is 1. The molecule has 0 fully saturated rings. The van der Waals surface area contributed by atoms with Crippen LogP contribution in [0.3, 0.4) is 0 Å². The molecule has 0 radical (unpaired) electrons. The molecule has 0 aromatic heterocycles. The van der Waals surface area contributed by atoms with Crippen LogP contribution in [0.5, 0.6) is 0 Å². The second kappa shape index (κ2) is 4.57. The van der Waals surface area contributed by atoms with Gasteiger partial charge in [0.2, 0.25) is 5.91 Å². The predicted octanol–water partition coefficient (Wildman–Crippen LogP) is 2.94. The molecule has 0 spiro atoms. The van der Waals surface area contributed by atoms with Crippen molar-refractivity contribution in [2.24, 2.45) is 5.73 Å². The lowest BCUT2D eigenvalue weighted by molar-refractivity contribution is -0.137. The maximum atomic E-state index is 12.5. The van der Waals surface area contributed by atoms with E-state index in [1.54, 1.807) is 24.3 Å². The maximum Gasteiger partial charge on any atom is 0.416 e. The maximum absolute atomic E-state index is 12.5. The summed E-state index contributed by atoms with van der Waals surface area (Å²) in [4.78, 5) is 11.7. The topological polar surface area (TPSA) is 43.1 Å². The average Bonchev–Trinajstić information content (AvgIpc) is 2.38. The molecule has 2 N–H and O–H groups in total. The van der Waals surface area contributed by atoms with E-state index in [1.807, 2.05) is 0 Å². The number of benzene rings is 1. The smallest absolute Gasteiger partial charge is 0.369 e. The second-order valence-corrected chi connectivity index (χ2v) is 4.40. The van der Waals surface area contributed by atoms with E-state index in [0.29, 0.717) is 12.0 Å². The molecule has 1 aromatic carbocycles. The number of alkyl halides is 3. The summed E-state index contributed by atoms with van der Waals surface area (Å²) in [7, 11) is 0. The summed E-state index contributed by atoms with van der Waals surface area (Å²) in [5.74, 6) is -0.576. The third-order valence-corrected chi connectivity index (χ3v) is 3.23. The highest BCUT2D eigenvalue weighted by atomic mass is 19.4. The van der Waals surface area contributed by atoms with Gasteiger partial charge >= 0.3 is 6.18 Å². The standard InChI is InChI=1S/C14H12F3NO/c15-14(16,17)11-6-4-10(5-7-11)13(12(18)19)8-2-1-3-9-13/h1-8H,9H2,(H2,18,19). The van der Waals surface area contributed by atoms with Gasteiger partial charge in [-0.05, 0) is 24.1 Å². The minimum absolute atomic E-state index is 0.351. The van der Waals surface area contributed by atoms with Gasteiger partial charge < -0.3 is 5.73 Å². The lowest BCUT2D eigenvalue weighted by Gasteiger charge is -2.28. The first-order valence-electron chi connectivity index (χ1n) is 5.68. The van der Waals surface area contributed by atoms with Crippen LogP contribution in [0.15, 0.2) is 48.6 Å². The highest BCUT2D eigenvalue weighted by Crippen LogP contribution is 2.35. The monoisotopic (exact) mass is 267 g/mol. The molecular weight excluding hydrogens is 255 g/mol. The molecule has 0 bridgehead atoms. The fourth-order valence-corrected chi connectivity index (χ4v) is 2.12. The minimum atomic E-state index is -4.39. The van der Waals surface area contributed by atoms with Crippen molar-refractivity contribution in [3.63, 3.8) is 0 Å². The molecule has 1 aliphatic carbocycles. The quantitative estimate of drug-likeness (QED) is 0.879. The van der Waals surface area contributed by atoms with E-state index in [0.717, 1.165) is 12.1 Å². The molecule has 1 amide bonds. The Kier molecular flexibility index (Phi) is 3.22. The number of rotatable bonds is 2. The first kappa shape index (κ1) is 13.4. The van der Waals surface area contributed by atoms with Gasteiger partial charge in [-0.2, -0.15) is 13.2 Å². The van der Waals surface area contributed by atoms with Crippen LogP contribution in [0, 0.1) is 0 Å². The molecule has 2 rings (SSSR count). The Hall–Kier alpha value is -2.04. The van der Waals surface area contributed by atoms with Crippen molar-refractivity contribution in [1.82, 2.24) is 0 Å². The molecule has 5 heteroatoms. The Morgan fingerprint density at radius 3 is 2.21 bits per heavy atom. The van der Waals surface area contributed by atoms with Gasteiger partial charge in [0, 0.05) is 0 Å². The van der Waals surface area contributed by atoms with E-state index in [-0.39, 0.29) is 0 Å². The highest BCUT2D eigenvalue weighted by molar-refractivity contribution is 5.89. The summed E-state index contributed by atoms with van der Waals surface area (Å²) >= 11 is 0.